The summed E-state index contributed by atoms with van der Waals surface area (Å²) < 4.78 is 0. The molecule has 0 aliphatic heterocycles. The van der Waals surface area contributed by atoms with E-state index in [9.17, 15) is 0 Å². The van der Waals surface area contributed by atoms with E-state index in [4.69, 9.17) is 5.73 Å². The third kappa shape index (κ3) is 2.53. The number of benzene rings is 1. The van der Waals surface area contributed by atoms with Crippen molar-refractivity contribution >= 4 is 0 Å². The van der Waals surface area contributed by atoms with E-state index in [2.05, 4.69) is 43.3 Å². The Morgan fingerprint density at radius 3 is 2.41 bits per heavy atom. The highest BCUT2D eigenvalue weighted by molar-refractivity contribution is 5.35. The van der Waals surface area contributed by atoms with Gasteiger partial charge in [0.25, 0.3) is 0 Å². The molecule has 1 aromatic carbocycles. The Balaban J connectivity index is 2.38. The van der Waals surface area contributed by atoms with Crippen LogP contribution in [0.4, 0.5) is 0 Å². The van der Waals surface area contributed by atoms with Crippen molar-refractivity contribution in [3.05, 3.63) is 35.4 Å². The predicted molar refractivity (Wildman–Crippen MR) is 73.0 cm³/mol. The number of hydrogen-bond donors (Lipinski definition) is 1. The number of likely N-dealkylation sites (N-methyl/N-ethyl adjacent to an activating group) is 1. The Labute approximate surface area is 105 Å². The summed E-state index contributed by atoms with van der Waals surface area (Å²) in [7, 11) is 4.34. The first-order valence-corrected chi connectivity index (χ1v) is 6.61. The molecule has 1 saturated carbocycles. The molecule has 1 aliphatic carbocycles. The summed E-state index contributed by atoms with van der Waals surface area (Å²) in [5.74, 6) is 0. The van der Waals surface area contributed by atoms with Gasteiger partial charge in [0.1, 0.15) is 0 Å². The van der Waals surface area contributed by atoms with E-state index >= 15 is 0 Å². The molecular formula is C15H24N2. The molecule has 0 amide bonds. The van der Waals surface area contributed by atoms with Crippen LogP contribution in [0.5, 0.6) is 0 Å². The van der Waals surface area contributed by atoms with E-state index < -0.39 is 0 Å². The Morgan fingerprint density at radius 1 is 1.18 bits per heavy atom. The van der Waals surface area contributed by atoms with Gasteiger partial charge in [-0.3, -0.25) is 0 Å². The largest absolute Gasteiger partial charge is 0.326 e. The number of hydrogen-bond acceptors (Lipinski definition) is 2. The SMILES string of the molecule is CN(C)CC1(c2ccccc2CN)CCCC1. The van der Waals surface area contributed by atoms with Crippen molar-refractivity contribution in [3.63, 3.8) is 0 Å². The van der Waals surface area contributed by atoms with Crippen LogP contribution in [0.3, 0.4) is 0 Å². The van der Waals surface area contributed by atoms with E-state index in [1.165, 1.54) is 36.8 Å². The molecule has 0 heterocycles. The maximum Gasteiger partial charge on any atom is 0.0181 e. The Kier molecular flexibility index (Phi) is 3.85. The zero-order chi connectivity index (χ0) is 12.3. The average Bonchev–Trinajstić information content (AvgIpc) is 2.77. The van der Waals surface area contributed by atoms with Crippen LogP contribution in [0.25, 0.3) is 0 Å². The Bertz CT molecular complexity index is 365. The number of rotatable bonds is 4. The summed E-state index contributed by atoms with van der Waals surface area (Å²) in [6.07, 6.45) is 5.32. The molecule has 0 unspecified atom stereocenters. The lowest BCUT2D eigenvalue weighted by atomic mass is 9.76. The predicted octanol–water partition coefficient (Wildman–Crippen LogP) is 2.52. The van der Waals surface area contributed by atoms with E-state index in [0.717, 1.165) is 6.54 Å². The standard InChI is InChI=1S/C15H24N2/c1-17(2)12-15(9-5-6-10-15)14-8-4-3-7-13(14)11-16/h3-4,7-8H,5-6,9-12,16H2,1-2H3. The van der Waals surface area contributed by atoms with Crippen molar-refractivity contribution in [2.24, 2.45) is 5.73 Å². The van der Waals surface area contributed by atoms with Crippen LogP contribution in [-0.2, 0) is 12.0 Å². The summed E-state index contributed by atoms with van der Waals surface area (Å²) in [6, 6.07) is 8.73. The second kappa shape index (κ2) is 5.19. The van der Waals surface area contributed by atoms with Gasteiger partial charge in [-0.15, -0.1) is 0 Å². The van der Waals surface area contributed by atoms with Crippen molar-refractivity contribution < 1.29 is 0 Å². The monoisotopic (exact) mass is 232 g/mol. The van der Waals surface area contributed by atoms with Crippen LogP contribution in [0.15, 0.2) is 24.3 Å². The first-order valence-electron chi connectivity index (χ1n) is 6.61. The topological polar surface area (TPSA) is 29.3 Å². The van der Waals surface area contributed by atoms with Crippen LogP contribution < -0.4 is 5.73 Å². The van der Waals surface area contributed by atoms with E-state index in [0.29, 0.717) is 12.0 Å². The van der Waals surface area contributed by atoms with Gasteiger partial charge in [-0.05, 0) is 38.1 Å². The fourth-order valence-electron chi connectivity index (χ4n) is 3.39. The maximum absolute atomic E-state index is 5.89. The van der Waals surface area contributed by atoms with Crippen LogP contribution >= 0.6 is 0 Å². The molecule has 0 atom stereocenters. The number of nitrogens with zero attached hydrogens (tertiary/aromatic N) is 1. The number of nitrogens with two attached hydrogens (primary N) is 1. The molecule has 1 fully saturated rings. The van der Waals surface area contributed by atoms with Gasteiger partial charge < -0.3 is 10.6 Å². The Hall–Kier alpha value is -0.860. The van der Waals surface area contributed by atoms with Gasteiger partial charge in [-0.25, -0.2) is 0 Å². The molecule has 2 rings (SSSR count). The first kappa shape index (κ1) is 12.6. The highest BCUT2D eigenvalue weighted by atomic mass is 15.1. The molecule has 17 heavy (non-hydrogen) atoms. The highest BCUT2D eigenvalue weighted by Crippen LogP contribution is 2.42. The van der Waals surface area contributed by atoms with E-state index in [-0.39, 0.29) is 0 Å². The molecule has 0 radical (unpaired) electrons. The molecule has 1 aromatic rings. The molecule has 2 N–H and O–H groups in total. The van der Waals surface area contributed by atoms with Crippen molar-refractivity contribution in [2.75, 3.05) is 20.6 Å². The summed E-state index contributed by atoms with van der Waals surface area (Å²) in [6.45, 7) is 1.80. The van der Waals surface area contributed by atoms with Crippen LogP contribution in [0, 0.1) is 0 Å². The third-order valence-electron chi connectivity index (χ3n) is 3.99. The highest BCUT2D eigenvalue weighted by Gasteiger charge is 2.37. The minimum atomic E-state index is 0.347. The molecule has 0 spiro atoms. The molecule has 2 nitrogen and oxygen atoms in total. The lowest BCUT2D eigenvalue weighted by Gasteiger charge is -2.34. The van der Waals surface area contributed by atoms with Gasteiger partial charge in [0.2, 0.25) is 0 Å². The zero-order valence-electron chi connectivity index (χ0n) is 11.1. The van der Waals surface area contributed by atoms with Crippen LogP contribution in [0.2, 0.25) is 0 Å². The smallest absolute Gasteiger partial charge is 0.0181 e. The molecule has 0 aromatic heterocycles. The Morgan fingerprint density at radius 2 is 1.82 bits per heavy atom. The molecule has 2 heteroatoms. The zero-order valence-corrected chi connectivity index (χ0v) is 11.1. The van der Waals surface area contributed by atoms with Gasteiger partial charge in [-0.1, -0.05) is 37.1 Å². The van der Waals surface area contributed by atoms with Gasteiger partial charge in [0, 0.05) is 18.5 Å². The van der Waals surface area contributed by atoms with E-state index in [1.807, 2.05) is 0 Å². The maximum atomic E-state index is 5.89. The quantitative estimate of drug-likeness (QED) is 0.864. The van der Waals surface area contributed by atoms with E-state index in [1.54, 1.807) is 0 Å². The molecule has 94 valence electrons. The fraction of sp³-hybridized carbons (Fsp3) is 0.600. The van der Waals surface area contributed by atoms with Gasteiger partial charge in [0.15, 0.2) is 0 Å². The summed E-state index contributed by atoms with van der Waals surface area (Å²) in [5.41, 5.74) is 9.07. The fourth-order valence-corrected chi connectivity index (χ4v) is 3.39. The average molecular weight is 232 g/mol. The second-order valence-corrected chi connectivity index (χ2v) is 5.59. The normalized spacial score (nSPS) is 18.8. The van der Waals surface area contributed by atoms with Crippen LogP contribution in [0.1, 0.15) is 36.8 Å². The molecular weight excluding hydrogens is 208 g/mol. The molecule has 1 aliphatic rings. The van der Waals surface area contributed by atoms with Gasteiger partial charge in [-0.2, -0.15) is 0 Å². The van der Waals surface area contributed by atoms with Crippen LogP contribution in [-0.4, -0.2) is 25.5 Å². The van der Waals surface area contributed by atoms with Crippen molar-refractivity contribution in [1.82, 2.24) is 4.90 Å². The summed E-state index contributed by atoms with van der Waals surface area (Å²) in [4.78, 5) is 2.32. The summed E-state index contributed by atoms with van der Waals surface area (Å²) in [5, 5.41) is 0. The third-order valence-corrected chi connectivity index (χ3v) is 3.99. The van der Waals surface area contributed by atoms with Gasteiger partial charge in [0.05, 0.1) is 0 Å². The lowest BCUT2D eigenvalue weighted by molar-refractivity contribution is 0.282. The second-order valence-electron chi connectivity index (χ2n) is 5.59. The van der Waals surface area contributed by atoms with Gasteiger partial charge >= 0.3 is 0 Å². The first-order chi connectivity index (χ1) is 8.18. The summed E-state index contributed by atoms with van der Waals surface area (Å²) >= 11 is 0. The minimum Gasteiger partial charge on any atom is -0.326 e. The van der Waals surface area contributed by atoms with Crippen molar-refractivity contribution in [2.45, 2.75) is 37.6 Å². The minimum absolute atomic E-state index is 0.347. The van der Waals surface area contributed by atoms with Crippen molar-refractivity contribution in [1.29, 1.82) is 0 Å². The molecule has 0 bridgehead atoms. The van der Waals surface area contributed by atoms with Crippen molar-refractivity contribution in [3.8, 4) is 0 Å². The lowest BCUT2D eigenvalue weighted by Crippen LogP contribution is -2.36. The molecule has 0 saturated heterocycles.